The highest BCUT2D eigenvalue weighted by molar-refractivity contribution is 5.95. The Hall–Kier alpha value is -2.03. The number of carbonyl (C=O) groups excluding carboxylic acids is 1. The summed E-state index contributed by atoms with van der Waals surface area (Å²) >= 11 is 0. The number of nitrogen functional groups attached to an aromatic ring is 1. The van der Waals surface area contributed by atoms with Crippen LogP contribution in [0.5, 0.6) is 0 Å². The molecule has 0 aliphatic carbocycles. The number of aromatic nitrogens is 1. The summed E-state index contributed by atoms with van der Waals surface area (Å²) in [6.45, 7) is -2.21. The number of carbonyl (C=O) groups is 1. The number of hydrogen-bond acceptors (Lipinski definition) is 6. The molecule has 1 aromatic heterocycles. The minimum absolute atomic E-state index is 0.116. The van der Waals surface area contributed by atoms with E-state index < -0.39 is 25.3 Å². The van der Waals surface area contributed by atoms with E-state index in [0.29, 0.717) is 0 Å². The average molecular weight is 293 g/mol. The average Bonchev–Trinajstić information content (AvgIpc) is 2.35. The van der Waals surface area contributed by atoms with Crippen LogP contribution in [0.3, 0.4) is 0 Å². The first-order chi connectivity index (χ1) is 9.28. The van der Waals surface area contributed by atoms with E-state index in [-0.39, 0.29) is 23.6 Å². The number of methoxy groups -OCH3 is 1. The number of hydrogen-bond donors (Lipinski definition) is 2. The normalized spacial score (nSPS) is 11.2. The highest BCUT2D eigenvalue weighted by Crippen LogP contribution is 2.25. The van der Waals surface area contributed by atoms with Gasteiger partial charge in [0.05, 0.1) is 25.6 Å². The molecule has 0 bridgehead atoms. The Bertz CT molecular complexity index is 480. The Morgan fingerprint density at radius 1 is 1.55 bits per heavy atom. The fourth-order valence-electron chi connectivity index (χ4n) is 1.58. The van der Waals surface area contributed by atoms with Crippen LogP contribution in [-0.2, 0) is 4.74 Å². The number of esters is 1. The van der Waals surface area contributed by atoms with Crippen molar-refractivity contribution in [2.45, 2.75) is 6.18 Å². The molecule has 0 fully saturated rings. The van der Waals surface area contributed by atoms with Crippen LogP contribution >= 0.6 is 0 Å². The van der Waals surface area contributed by atoms with Gasteiger partial charge in [-0.1, -0.05) is 0 Å². The maximum atomic E-state index is 12.5. The van der Waals surface area contributed by atoms with Crippen molar-refractivity contribution in [3.63, 3.8) is 0 Å². The van der Waals surface area contributed by atoms with Crippen molar-refractivity contribution in [3.8, 4) is 0 Å². The van der Waals surface area contributed by atoms with Crippen molar-refractivity contribution in [2.24, 2.45) is 0 Å². The summed E-state index contributed by atoms with van der Waals surface area (Å²) < 4.78 is 42.0. The smallest absolute Gasteiger partial charge is 0.405 e. The lowest BCUT2D eigenvalue weighted by Crippen LogP contribution is -2.37. The van der Waals surface area contributed by atoms with Crippen LogP contribution in [-0.4, -0.2) is 49.0 Å². The summed E-state index contributed by atoms with van der Waals surface area (Å²) in [5.74, 6) is -1.10. The summed E-state index contributed by atoms with van der Waals surface area (Å²) in [5, 5.41) is 8.86. The topological polar surface area (TPSA) is 88.7 Å². The number of halogens is 3. The number of pyridine rings is 1. The van der Waals surface area contributed by atoms with E-state index in [4.69, 9.17) is 10.8 Å². The van der Waals surface area contributed by atoms with E-state index in [2.05, 4.69) is 9.72 Å². The second kappa shape index (κ2) is 6.42. The molecule has 0 spiro atoms. The predicted octanol–water partition coefficient (Wildman–Crippen LogP) is 0.811. The van der Waals surface area contributed by atoms with Crippen molar-refractivity contribution < 1.29 is 27.8 Å². The molecule has 1 rings (SSSR count). The Morgan fingerprint density at radius 3 is 2.70 bits per heavy atom. The minimum atomic E-state index is -4.51. The van der Waals surface area contributed by atoms with Crippen LogP contribution in [0.2, 0.25) is 0 Å². The van der Waals surface area contributed by atoms with Gasteiger partial charge >= 0.3 is 12.1 Å². The van der Waals surface area contributed by atoms with Crippen molar-refractivity contribution >= 4 is 17.5 Å². The zero-order valence-electron chi connectivity index (χ0n) is 10.6. The van der Waals surface area contributed by atoms with Crippen LogP contribution < -0.4 is 10.6 Å². The fraction of sp³-hybridized carbons (Fsp3) is 0.455. The van der Waals surface area contributed by atoms with Crippen molar-refractivity contribution in [1.82, 2.24) is 4.98 Å². The third-order valence-corrected chi connectivity index (χ3v) is 2.33. The van der Waals surface area contributed by atoms with E-state index in [1.807, 2.05) is 0 Å². The molecule has 0 unspecified atom stereocenters. The standard InChI is InChI=1S/C11H14F3N3O3/c1-20-10(19)8-4-7(15)5-16-9(8)17(2-3-18)6-11(12,13)14/h4-5,18H,2-3,6,15H2,1H3. The van der Waals surface area contributed by atoms with Crippen molar-refractivity contribution in [1.29, 1.82) is 0 Å². The largest absolute Gasteiger partial charge is 0.465 e. The molecule has 0 aromatic carbocycles. The highest BCUT2D eigenvalue weighted by Gasteiger charge is 2.33. The maximum Gasteiger partial charge on any atom is 0.405 e. The molecule has 1 aromatic rings. The maximum absolute atomic E-state index is 12.5. The Labute approximate surface area is 113 Å². The lowest BCUT2D eigenvalue weighted by atomic mass is 10.2. The van der Waals surface area contributed by atoms with Gasteiger partial charge in [0.15, 0.2) is 0 Å². The van der Waals surface area contributed by atoms with E-state index in [1.54, 1.807) is 0 Å². The summed E-state index contributed by atoms with van der Waals surface area (Å²) in [6, 6.07) is 1.18. The molecule has 3 N–H and O–H groups in total. The zero-order chi connectivity index (χ0) is 15.3. The third-order valence-electron chi connectivity index (χ3n) is 2.33. The van der Waals surface area contributed by atoms with Gasteiger partial charge in [-0.25, -0.2) is 9.78 Å². The number of alkyl halides is 3. The molecule has 1 heterocycles. The molecule has 0 radical (unpaired) electrons. The molecule has 6 nitrogen and oxygen atoms in total. The number of aliphatic hydroxyl groups excluding tert-OH is 1. The SMILES string of the molecule is COC(=O)c1cc(N)cnc1N(CCO)CC(F)(F)F. The number of anilines is 2. The van der Waals surface area contributed by atoms with Crippen LogP contribution in [0.25, 0.3) is 0 Å². The number of aliphatic hydroxyl groups is 1. The van der Waals surface area contributed by atoms with Crippen LogP contribution in [0, 0.1) is 0 Å². The van der Waals surface area contributed by atoms with Crippen LogP contribution in [0.1, 0.15) is 10.4 Å². The molecule has 0 saturated carbocycles. The van der Waals surface area contributed by atoms with Gasteiger partial charge in [0.1, 0.15) is 17.9 Å². The lowest BCUT2D eigenvalue weighted by Gasteiger charge is -2.25. The van der Waals surface area contributed by atoms with E-state index in [9.17, 15) is 18.0 Å². The van der Waals surface area contributed by atoms with Gasteiger partial charge in [-0.05, 0) is 6.07 Å². The van der Waals surface area contributed by atoms with E-state index in [0.717, 1.165) is 18.2 Å². The second-order valence-corrected chi connectivity index (χ2v) is 3.89. The minimum Gasteiger partial charge on any atom is -0.465 e. The summed E-state index contributed by atoms with van der Waals surface area (Å²) in [5.41, 5.74) is 5.39. The fourth-order valence-corrected chi connectivity index (χ4v) is 1.58. The molecule has 0 aliphatic heterocycles. The Kier molecular flexibility index (Phi) is 5.14. The summed E-state index contributed by atoms with van der Waals surface area (Å²) in [7, 11) is 1.09. The monoisotopic (exact) mass is 293 g/mol. The van der Waals surface area contributed by atoms with Gasteiger partial charge in [0, 0.05) is 6.54 Å². The second-order valence-electron chi connectivity index (χ2n) is 3.89. The third kappa shape index (κ3) is 4.26. The Morgan fingerprint density at radius 2 is 2.20 bits per heavy atom. The number of ether oxygens (including phenoxy) is 1. The summed E-state index contributed by atoms with van der Waals surface area (Å²) in [6.07, 6.45) is -3.38. The van der Waals surface area contributed by atoms with Gasteiger partial charge in [-0.2, -0.15) is 13.2 Å². The molecule has 112 valence electrons. The van der Waals surface area contributed by atoms with Gasteiger partial charge in [-0.15, -0.1) is 0 Å². The van der Waals surface area contributed by atoms with Crippen molar-refractivity contribution in [2.75, 3.05) is 37.4 Å². The first kappa shape index (κ1) is 16.0. The van der Waals surface area contributed by atoms with Gasteiger partial charge < -0.3 is 20.5 Å². The number of rotatable bonds is 5. The van der Waals surface area contributed by atoms with Gasteiger partial charge in [-0.3, -0.25) is 0 Å². The quantitative estimate of drug-likeness (QED) is 0.781. The molecule has 20 heavy (non-hydrogen) atoms. The van der Waals surface area contributed by atoms with Gasteiger partial charge in [0.25, 0.3) is 0 Å². The van der Waals surface area contributed by atoms with Crippen molar-refractivity contribution in [3.05, 3.63) is 17.8 Å². The molecule has 0 aliphatic rings. The Balaban J connectivity index is 3.21. The molecule has 0 atom stereocenters. The van der Waals surface area contributed by atoms with Gasteiger partial charge in [0.2, 0.25) is 0 Å². The van der Waals surface area contributed by atoms with Crippen LogP contribution in [0.4, 0.5) is 24.7 Å². The molecule has 9 heteroatoms. The highest BCUT2D eigenvalue weighted by atomic mass is 19.4. The number of nitrogens with two attached hydrogens (primary N) is 1. The molecular formula is C11H14F3N3O3. The first-order valence-electron chi connectivity index (χ1n) is 5.55. The molecule has 0 saturated heterocycles. The van der Waals surface area contributed by atoms with E-state index in [1.165, 1.54) is 6.07 Å². The zero-order valence-corrected chi connectivity index (χ0v) is 10.6. The molecule has 0 amide bonds. The lowest BCUT2D eigenvalue weighted by molar-refractivity contribution is -0.120. The van der Waals surface area contributed by atoms with E-state index >= 15 is 0 Å². The number of nitrogens with zero attached hydrogens (tertiary/aromatic N) is 2. The molecular weight excluding hydrogens is 279 g/mol. The van der Waals surface area contributed by atoms with Crippen LogP contribution in [0.15, 0.2) is 12.3 Å². The first-order valence-corrected chi connectivity index (χ1v) is 5.55. The summed E-state index contributed by atoms with van der Waals surface area (Å²) in [4.78, 5) is 16.1. The predicted molar refractivity (Wildman–Crippen MR) is 65.3 cm³/mol.